The van der Waals surface area contributed by atoms with Gasteiger partial charge in [0.1, 0.15) is 0 Å². The number of hydrogen-bond acceptors (Lipinski definition) is 1. The largest absolute Gasteiger partial charge is 0.0726 e. The Morgan fingerprint density at radius 3 is 2.12 bits per heavy atom. The van der Waals surface area contributed by atoms with Crippen molar-refractivity contribution in [3.8, 4) is 0 Å². The number of azide groups is 1. The first-order valence-electron chi connectivity index (χ1n) is 2.65. The van der Waals surface area contributed by atoms with E-state index in [1.165, 1.54) is 0 Å². The highest BCUT2D eigenvalue weighted by Gasteiger charge is 1.94. The SMILES string of the molecule is CCP(CC)N=[N+]=[N-]. The lowest BCUT2D eigenvalue weighted by Crippen LogP contribution is -1.74. The summed E-state index contributed by atoms with van der Waals surface area (Å²) >= 11 is 0. The quantitative estimate of drug-likeness (QED) is 0.245. The molecule has 0 heterocycles. The minimum absolute atomic E-state index is 0.348. The molecule has 0 atom stereocenters. The average molecular weight is 131 g/mol. The van der Waals surface area contributed by atoms with Gasteiger partial charge in [0.2, 0.25) is 0 Å². The van der Waals surface area contributed by atoms with Crippen LogP contribution in [0.2, 0.25) is 0 Å². The highest BCUT2D eigenvalue weighted by molar-refractivity contribution is 7.55. The van der Waals surface area contributed by atoms with E-state index in [1.54, 1.807) is 0 Å². The van der Waals surface area contributed by atoms with Gasteiger partial charge in [-0.3, -0.25) is 0 Å². The Hall–Kier alpha value is -0.260. The van der Waals surface area contributed by atoms with Crippen molar-refractivity contribution in [1.29, 1.82) is 0 Å². The molecule has 0 amide bonds. The Kier molecular flexibility index (Phi) is 4.73. The molecule has 0 saturated carbocycles. The third-order valence-corrected chi connectivity index (χ3v) is 2.69. The topological polar surface area (TPSA) is 48.8 Å². The van der Waals surface area contributed by atoms with Crippen molar-refractivity contribution in [2.75, 3.05) is 12.3 Å². The molecule has 0 aliphatic rings. The van der Waals surface area contributed by atoms with Crippen LogP contribution in [0.1, 0.15) is 13.8 Å². The normalized spacial score (nSPS) is 8.88. The summed E-state index contributed by atoms with van der Waals surface area (Å²) < 4.78 is 0. The van der Waals surface area contributed by atoms with E-state index in [1.807, 2.05) is 13.8 Å². The van der Waals surface area contributed by atoms with E-state index in [0.29, 0.717) is 0 Å². The molecule has 0 unspecified atom stereocenters. The van der Waals surface area contributed by atoms with Gasteiger partial charge < -0.3 is 0 Å². The van der Waals surface area contributed by atoms with Gasteiger partial charge in [-0.2, -0.15) is 0 Å². The maximum Gasteiger partial charge on any atom is 0.00472 e. The standard InChI is InChI=1S/C4H10N3P/c1-3-8(4-2)7-6-5/h3-4H2,1-2H3. The zero-order chi connectivity index (χ0) is 6.41. The molecule has 0 aliphatic heterocycles. The van der Waals surface area contributed by atoms with E-state index in [2.05, 4.69) is 9.80 Å². The Bertz CT molecular complexity index is 93.5. The summed E-state index contributed by atoms with van der Waals surface area (Å²) in [6.45, 7) is 4.09. The summed E-state index contributed by atoms with van der Waals surface area (Å²) in [6.07, 6.45) is 2.02. The second-order valence-corrected chi connectivity index (χ2v) is 3.77. The van der Waals surface area contributed by atoms with E-state index in [-0.39, 0.29) is 8.07 Å². The van der Waals surface area contributed by atoms with Crippen LogP contribution >= 0.6 is 8.07 Å². The van der Waals surface area contributed by atoms with Gasteiger partial charge in [-0.1, -0.05) is 18.7 Å². The van der Waals surface area contributed by atoms with Crippen LogP contribution in [-0.2, 0) is 0 Å². The molecule has 0 fully saturated rings. The summed E-state index contributed by atoms with van der Waals surface area (Å²) in [5.41, 5.74) is 7.97. The minimum Gasteiger partial charge on any atom is -0.0726 e. The highest BCUT2D eigenvalue weighted by atomic mass is 31.1. The Morgan fingerprint density at radius 1 is 1.50 bits per heavy atom. The molecular weight excluding hydrogens is 121 g/mol. The number of nitrogens with zero attached hydrogens (tertiary/aromatic N) is 3. The van der Waals surface area contributed by atoms with Crippen LogP contribution in [0.3, 0.4) is 0 Å². The fourth-order valence-corrected chi connectivity index (χ4v) is 1.22. The first-order valence-corrected chi connectivity index (χ1v) is 4.31. The minimum atomic E-state index is -0.348. The lowest BCUT2D eigenvalue weighted by molar-refractivity contribution is 1.38. The Labute approximate surface area is 50.5 Å². The highest BCUT2D eigenvalue weighted by Crippen LogP contribution is 2.35. The number of rotatable bonds is 3. The summed E-state index contributed by atoms with van der Waals surface area (Å²) in [5.74, 6) is 0. The van der Waals surface area contributed by atoms with Crippen LogP contribution in [0.25, 0.3) is 10.4 Å². The predicted molar refractivity (Wildman–Crippen MR) is 37.1 cm³/mol. The second kappa shape index (κ2) is 4.89. The van der Waals surface area contributed by atoms with E-state index in [9.17, 15) is 0 Å². The van der Waals surface area contributed by atoms with Gasteiger partial charge in [0, 0.05) is 4.91 Å². The molecule has 0 saturated heterocycles. The molecule has 0 aromatic rings. The first kappa shape index (κ1) is 7.74. The van der Waals surface area contributed by atoms with Crippen molar-refractivity contribution < 1.29 is 0 Å². The molecule has 0 rings (SSSR count). The van der Waals surface area contributed by atoms with E-state index < -0.39 is 0 Å². The zero-order valence-electron chi connectivity index (χ0n) is 5.20. The lowest BCUT2D eigenvalue weighted by Gasteiger charge is -2.00. The first-order chi connectivity index (χ1) is 3.85. The third-order valence-electron chi connectivity index (χ3n) is 0.897. The van der Waals surface area contributed by atoms with Crippen molar-refractivity contribution in [3.63, 3.8) is 0 Å². The van der Waals surface area contributed by atoms with Gasteiger partial charge in [0.05, 0.1) is 0 Å². The van der Waals surface area contributed by atoms with E-state index >= 15 is 0 Å². The van der Waals surface area contributed by atoms with Crippen LogP contribution in [-0.4, -0.2) is 12.3 Å². The summed E-state index contributed by atoms with van der Waals surface area (Å²) in [7, 11) is -0.348. The maximum atomic E-state index is 7.97. The van der Waals surface area contributed by atoms with E-state index in [4.69, 9.17) is 5.53 Å². The van der Waals surface area contributed by atoms with Gasteiger partial charge >= 0.3 is 0 Å². The van der Waals surface area contributed by atoms with E-state index in [0.717, 1.165) is 12.3 Å². The maximum absolute atomic E-state index is 7.97. The molecule has 0 aliphatic carbocycles. The van der Waals surface area contributed by atoms with Crippen LogP contribution in [0, 0.1) is 0 Å². The smallest absolute Gasteiger partial charge is 0.00472 e. The molecule has 4 heteroatoms. The summed E-state index contributed by atoms with van der Waals surface area (Å²) in [6, 6.07) is 0. The van der Waals surface area contributed by atoms with Gasteiger partial charge in [0.15, 0.2) is 0 Å². The molecule has 8 heavy (non-hydrogen) atoms. The fourth-order valence-electron chi connectivity index (χ4n) is 0.407. The van der Waals surface area contributed by atoms with Crippen molar-refractivity contribution in [2.45, 2.75) is 13.8 Å². The van der Waals surface area contributed by atoms with Crippen molar-refractivity contribution in [2.24, 2.45) is 4.88 Å². The van der Waals surface area contributed by atoms with Gasteiger partial charge in [-0.25, -0.2) is 0 Å². The Morgan fingerprint density at radius 2 is 2.00 bits per heavy atom. The van der Waals surface area contributed by atoms with Crippen LogP contribution in [0.4, 0.5) is 0 Å². The molecule has 0 spiro atoms. The fraction of sp³-hybridized carbons (Fsp3) is 1.00. The molecule has 46 valence electrons. The van der Waals surface area contributed by atoms with Crippen LogP contribution in [0.5, 0.6) is 0 Å². The third kappa shape index (κ3) is 2.84. The lowest BCUT2D eigenvalue weighted by atomic mass is 11.0. The molecule has 0 bridgehead atoms. The number of hydrogen-bond donors (Lipinski definition) is 0. The van der Waals surface area contributed by atoms with Gasteiger partial charge in [-0.15, -0.1) is 0 Å². The second-order valence-electron chi connectivity index (χ2n) is 1.32. The average Bonchev–Trinajstić information content (AvgIpc) is 1.83. The monoisotopic (exact) mass is 131 g/mol. The molecule has 3 nitrogen and oxygen atoms in total. The predicted octanol–water partition coefficient (Wildman–Crippen LogP) is 2.73. The van der Waals surface area contributed by atoms with Crippen molar-refractivity contribution in [1.82, 2.24) is 0 Å². The molecule has 0 aromatic heterocycles. The summed E-state index contributed by atoms with van der Waals surface area (Å²) in [4.78, 5) is 6.34. The van der Waals surface area contributed by atoms with Crippen LogP contribution in [0.15, 0.2) is 4.88 Å². The summed E-state index contributed by atoms with van der Waals surface area (Å²) in [5, 5.41) is 0. The van der Waals surface area contributed by atoms with Crippen LogP contribution < -0.4 is 0 Å². The Balaban J connectivity index is 3.52. The molecular formula is C4H10N3P. The molecule has 0 N–H and O–H groups in total. The van der Waals surface area contributed by atoms with Gasteiger partial charge in [0.25, 0.3) is 0 Å². The van der Waals surface area contributed by atoms with Gasteiger partial charge in [-0.05, 0) is 25.9 Å². The van der Waals surface area contributed by atoms with Crippen molar-refractivity contribution in [3.05, 3.63) is 10.4 Å². The molecule has 0 radical (unpaired) electrons. The zero-order valence-corrected chi connectivity index (χ0v) is 6.10. The molecule has 0 aromatic carbocycles. The van der Waals surface area contributed by atoms with Crippen molar-refractivity contribution >= 4 is 8.07 Å².